The molecule has 0 radical (unpaired) electrons. The van der Waals surface area contributed by atoms with Crippen molar-refractivity contribution in [2.24, 2.45) is 0 Å². The number of carbonyl (C=O) groups excluding carboxylic acids is 2. The molecular formula is C20H23ClN3O2+. The predicted octanol–water partition coefficient (Wildman–Crippen LogP) is 2.73. The van der Waals surface area contributed by atoms with Gasteiger partial charge in [-0.05, 0) is 45.0 Å². The Kier molecular flexibility index (Phi) is 5.03. The van der Waals surface area contributed by atoms with Crippen LogP contribution in [-0.2, 0) is 9.59 Å². The van der Waals surface area contributed by atoms with Crippen LogP contribution in [0.4, 0.5) is 11.4 Å². The van der Waals surface area contributed by atoms with Gasteiger partial charge >= 0.3 is 0 Å². The number of halogens is 1. The fourth-order valence-electron chi connectivity index (χ4n) is 3.19. The van der Waals surface area contributed by atoms with Crippen molar-refractivity contribution in [2.75, 3.05) is 16.8 Å². The molecule has 3 rings (SSSR count). The molecular weight excluding hydrogens is 350 g/mol. The van der Waals surface area contributed by atoms with Crippen LogP contribution in [0, 0.1) is 0 Å². The van der Waals surface area contributed by atoms with Crippen LogP contribution < -0.4 is 15.5 Å². The predicted molar refractivity (Wildman–Crippen MR) is 103 cm³/mol. The maximum absolute atomic E-state index is 13.0. The van der Waals surface area contributed by atoms with Gasteiger partial charge in [0, 0.05) is 10.6 Å². The number of rotatable bonds is 4. The van der Waals surface area contributed by atoms with Crippen LogP contribution >= 0.6 is 11.6 Å². The standard InChI is InChI=1S/C20H22ClN3O2/c1-13(14-7-6-8-15(21)11-14)22-12-18(25)24-17-10-5-4-9-16(17)23-19(26)20(24,2)3/h4-11,13,22H,12H2,1-3H3,(H,23,26)/p+1/t13-/m0/s1. The Labute approximate surface area is 158 Å². The third kappa shape index (κ3) is 3.45. The van der Waals surface area contributed by atoms with E-state index in [2.05, 4.69) is 5.32 Å². The molecule has 3 N–H and O–H groups in total. The maximum atomic E-state index is 13.0. The number of para-hydroxylation sites is 2. The van der Waals surface area contributed by atoms with Crippen LogP contribution in [0.5, 0.6) is 0 Å². The molecule has 136 valence electrons. The van der Waals surface area contributed by atoms with E-state index in [0.29, 0.717) is 10.7 Å². The molecule has 2 aromatic carbocycles. The first kappa shape index (κ1) is 18.4. The highest BCUT2D eigenvalue weighted by atomic mass is 35.5. The normalized spacial score (nSPS) is 16.6. The maximum Gasteiger partial charge on any atom is 0.283 e. The molecule has 26 heavy (non-hydrogen) atoms. The number of carbonyl (C=O) groups is 2. The van der Waals surface area contributed by atoms with Crippen LogP contribution in [0.2, 0.25) is 5.02 Å². The number of amides is 2. The first-order valence-electron chi connectivity index (χ1n) is 8.63. The molecule has 6 heteroatoms. The fraction of sp³-hybridized carbons (Fsp3) is 0.300. The molecule has 0 aromatic heterocycles. The van der Waals surface area contributed by atoms with E-state index in [1.807, 2.05) is 54.7 Å². The molecule has 1 heterocycles. The van der Waals surface area contributed by atoms with Crippen molar-refractivity contribution in [3.63, 3.8) is 0 Å². The van der Waals surface area contributed by atoms with E-state index in [1.165, 1.54) is 0 Å². The lowest BCUT2D eigenvalue weighted by atomic mass is 9.96. The second-order valence-corrected chi connectivity index (χ2v) is 7.48. The van der Waals surface area contributed by atoms with E-state index >= 15 is 0 Å². The average molecular weight is 373 g/mol. The molecule has 5 nitrogen and oxygen atoms in total. The Morgan fingerprint density at radius 3 is 2.69 bits per heavy atom. The largest absolute Gasteiger partial charge is 0.333 e. The number of fused-ring (bicyclic) bond motifs is 1. The number of anilines is 2. The quantitative estimate of drug-likeness (QED) is 0.866. The van der Waals surface area contributed by atoms with Gasteiger partial charge in [-0.2, -0.15) is 0 Å². The highest BCUT2D eigenvalue weighted by molar-refractivity contribution is 6.30. The molecule has 1 atom stereocenters. The zero-order valence-corrected chi connectivity index (χ0v) is 15.9. The third-order valence-corrected chi connectivity index (χ3v) is 5.01. The van der Waals surface area contributed by atoms with Crippen molar-refractivity contribution in [2.45, 2.75) is 32.4 Å². The monoisotopic (exact) mass is 372 g/mol. The minimum atomic E-state index is -0.946. The van der Waals surface area contributed by atoms with E-state index in [1.54, 1.807) is 24.8 Å². The summed E-state index contributed by atoms with van der Waals surface area (Å²) in [4.78, 5) is 27.1. The molecule has 1 aliphatic heterocycles. The lowest BCUT2D eigenvalue weighted by Crippen LogP contribution is -2.87. The Morgan fingerprint density at radius 1 is 1.23 bits per heavy atom. The van der Waals surface area contributed by atoms with Crippen molar-refractivity contribution < 1.29 is 14.9 Å². The smallest absolute Gasteiger partial charge is 0.283 e. The topological polar surface area (TPSA) is 66.0 Å². The minimum Gasteiger partial charge on any atom is -0.333 e. The summed E-state index contributed by atoms with van der Waals surface area (Å²) in [7, 11) is 0. The van der Waals surface area contributed by atoms with E-state index in [9.17, 15) is 9.59 Å². The van der Waals surface area contributed by atoms with Gasteiger partial charge < -0.3 is 10.6 Å². The van der Waals surface area contributed by atoms with Crippen molar-refractivity contribution in [1.82, 2.24) is 0 Å². The molecule has 2 amide bonds. The van der Waals surface area contributed by atoms with Gasteiger partial charge in [-0.15, -0.1) is 0 Å². The second-order valence-electron chi connectivity index (χ2n) is 7.04. The second kappa shape index (κ2) is 7.09. The summed E-state index contributed by atoms with van der Waals surface area (Å²) in [6.07, 6.45) is 0. The van der Waals surface area contributed by atoms with E-state index in [-0.39, 0.29) is 24.4 Å². The summed E-state index contributed by atoms with van der Waals surface area (Å²) in [6.45, 7) is 5.78. The molecule has 0 aliphatic carbocycles. The van der Waals surface area contributed by atoms with Crippen LogP contribution in [0.3, 0.4) is 0 Å². The van der Waals surface area contributed by atoms with E-state index in [0.717, 1.165) is 11.3 Å². The van der Waals surface area contributed by atoms with Gasteiger partial charge in [0.05, 0.1) is 11.4 Å². The average Bonchev–Trinajstić information content (AvgIpc) is 2.60. The summed E-state index contributed by atoms with van der Waals surface area (Å²) in [5.74, 6) is -0.293. The van der Waals surface area contributed by atoms with Crippen molar-refractivity contribution in [3.05, 3.63) is 59.1 Å². The van der Waals surface area contributed by atoms with Gasteiger partial charge in [0.2, 0.25) is 5.91 Å². The minimum absolute atomic E-state index is 0.0784. The van der Waals surface area contributed by atoms with Crippen LogP contribution in [0.25, 0.3) is 0 Å². The Balaban J connectivity index is 1.79. The Bertz CT molecular complexity index is 850. The Morgan fingerprint density at radius 2 is 1.96 bits per heavy atom. The molecule has 0 bridgehead atoms. The molecule has 1 aliphatic rings. The van der Waals surface area contributed by atoms with Crippen molar-refractivity contribution in [3.8, 4) is 0 Å². The summed E-state index contributed by atoms with van der Waals surface area (Å²) >= 11 is 6.05. The number of nitrogens with two attached hydrogens (primary N) is 1. The van der Waals surface area contributed by atoms with Gasteiger partial charge in [0.1, 0.15) is 11.6 Å². The molecule has 0 saturated heterocycles. The molecule has 0 fully saturated rings. The first-order chi connectivity index (χ1) is 12.3. The number of benzene rings is 2. The number of nitrogens with one attached hydrogen (secondary N) is 1. The number of hydrogen-bond donors (Lipinski definition) is 2. The van der Waals surface area contributed by atoms with Crippen molar-refractivity contribution >= 4 is 34.8 Å². The highest BCUT2D eigenvalue weighted by Crippen LogP contribution is 2.36. The SMILES string of the molecule is C[C@H]([NH2+]CC(=O)N1c2ccccc2NC(=O)C1(C)C)c1cccc(Cl)c1. The van der Waals surface area contributed by atoms with Gasteiger partial charge in [0.25, 0.3) is 5.91 Å². The highest BCUT2D eigenvalue weighted by Gasteiger charge is 2.43. The zero-order chi connectivity index (χ0) is 18.9. The number of hydrogen-bond acceptors (Lipinski definition) is 2. The van der Waals surface area contributed by atoms with Gasteiger partial charge in [-0.25, -0.2) is 0 Å². The van der Waals surface area contributed by atoms with Gasteiger partial charge in [0.15, 0.2) is 6.54 Å². The van der Waals surface area contributed by atoms with Crippen LogP contribution in [-0.4, -0.2) is 23.9 Å². The third-order valence-electron chi connectivity index (χ3n) is 4.78. The lowest BCUT2D eigenvalue weighted by molar-refractivity contribution is -0.682. The summed E-state index contributed by atoms with van der Waals surface area (Å²) in [6, 6.07) is 15.1. The van der Waals surface area contributed by atoms with Crippen LogP contribution in [0.1, 0.15) is 32.4 Å². The van der Waals surface area contributed by atoms with Crippen LogP contribution in [0.15, 0.2) is 48.5 Å². The first-order valence-corrected chi connectivity index (χ1v) is 9.01. The molecule has 0 saturated carbocycles. The Hall–Kier alpha value is -2.37. The van der Waals surface area contributed by atoms with Crippen molar-refractivity contribution in [1.29, 1.82) is 0 Å². The van der Waals surface area contributed by atoms with Gasteiger partial charge in [-0.1, -0.05) is 35.9 Å². The number of quaternary nitrogens is 1. The van der Waals surface area contributed by atoms with E-state index in [4.69, 9.17) is 11.6 Å². The summed E-state index contributed by atoms with van der Waals surface area (Å²) in [5, 5.41) is 5.51. The summed E-state index contributed by atoms with van der Waals surface area (Å²) in [5.41, 5.74) is 1.50. The molecule has 2 aromatic rings. The van der Waals surface area contributed by atoms with E-state index < -0.39 is 5.54 Å². The lowest BCUT2D eigenvalue weighted by Gasteiger charge is -2.41. The molecule has 0 unspecified atom stereocenters. The zero-order valence-electron chi connectivity index (χ0n) is 15.1. The molecule has 0 spiro atoms. The van der Waals surface area contributed by atoms with Gasteiger partial charge in [-0.3, -0.25) is 14.5 Å². The number of nitrogens with zero attached hydrogens (tertiary/aromatic N) is 1. The summed E-state index contributed by atoms with van der Waals surface area (Å²) < 4.78 is 0. The fourth-order valence-corrected chi connectivity index (χ4v) is 3.39.